The van der Waals surface area contributed by atoms with Gasteiger partial charge in [0, 0.05) is 17.2 Å². The van der Waals surface area contributed by atoms with Crippen LogP contribution in [0.3, 0.4) is 0 Å². The Morgan fingerprint density at radius 2 is 1.41 bits per heavy atom. The summed E-state index contributed by atoms with van der Waals surface area (Å²) < 4.78 is 2.55. The third-order valence-electron chi connectivity index (χ3n) is 3.65. The first-order valence-electron chi connectivity index (χ1n) is 7.06. The molecule has 0 radical (unpaired) electrons. The molecule has 0 saturated carbocycles. The fraction of sp³-hybridized carbons (Fsp3) is 0. The van der Waals surface area contributed by atoms with Gasteiger partial charge in [0.2, 0.25) is 0 Å². The summed E-state index contributed by atoms with van der Waals surface area (Å²) in [4.78, 5) is 0. The molecule has 4 rings (SSSR count). The van der Waals surface area contributed by atoms with Gasteiger partial charge in [0.15, 0.2) is 11.9 Å². The zero-order valence-electron chi connectivity index (χ0n) is 11.8. The van der Waals surface area contributed by atoms with E-state index in [1.165, 1.54) is 0 Å². The van der Waals surface area contributed by atoms with Gasteiger partial charge in [-0.1, -0.05) is 70.3 Å². The van der Waals surface area contributed by atoms with Crippen molar-refractivity contribution in [2.75, 3.05) is 0 Å². The van der Waals surface area contributed by atoms with Gasteiger partial charge in [0.05, 0.1) is 0 Å². The van der Waals surface area contributed by atoms with Gasteiger partial charge >= 0.3 is 5.65 Å². The molecule has 2 aromatic heterocycles. The van der Waals surface area contributed by atoms with E-state index in [1.54, 1.807) is 16.8 Å². The first-order chi connectivity index (χ1) is 10.8. The Balaban J connectivity index is 1.88. The van der Waals surface area contributed by atoms with Crippen LogP contribution in [-0.2, 0) is 0 Å². The number of hydrogen-bond acceptors (Lipinski definition) is 2. The van der Waals surface area contributed by atoms with E-state index in [0.29, 0.717) is 11.3 Å². The largest absolute Gasteiger partial charge is 0.710 e. The Kier molecular flexibility index (Phi) is 2.86. The van der Waals surface area contributed by atoms with Crippen molar-refractivity contribution in [3.05, 3.63) is 84.2 Å². The molecule has 0 atom stereocenters. The molecule has 0 fully saturated rings. The lowest BCUT2D eigenvalue weighted by atomic mass is 10.1. The van der Waals surface area contributed by atoms with Crippen LogP contribution in [0.25, 0.3) is 28.2 Å². The molecule has 106 valence electrons. The summed E-state index contributed by atoms with van der Waals surface area (Å²) in [6.45, 7) is 0. The molecule has 0 saturated heterocycles. The summed E-state index contributed by atoms with van der Waals surface area (Å²) in [5, 5.41) is 17.0. The minimum atomic E-state index is 0.513. The second-order valence-corrected chi connectivity index (χ2v) is 5.06. The molecule has 0 aliphatic carbocycles. The van der Waals surface area contributed by atoms with Crippen LogP contribution in [0.15, 0.2) is 79.0 Å². The van der Waals surface area contributed by atoms with E-state index in [9.17, 15) is 5.21 Å². The first kappa shape index (κ1) is 12.6. The average Bonchev–Trinajstić information content (AvgIpc) is 2.93. The Labute approximate surface area is 127 Å². The molecule has 0 spiro atoms. The lowest BCUT2D eigenvalue weighted by Crippen LogP contribution is -2.27. The molecule has 0 bridgehead atoms. The van der Waals surface area contributed by atoms with E-state index in [1.807, 2.05) is 66.7 Å². The van der Waals surface area contributed by atoms with Crippen molar-refractivity contribution in [2.45, 2.75) is 0 Å². The molecule has 4 aromatic rings. The Morgan fingerprint density at radius 3 is 2.09 bits per heavy atom. The van der Waals surface area contributed by atoms with Crippen LogP contribution in [-0.4, -0.2) is 9.61 Å². The zero-order chi connectivity index (χ0) is 14.9. The number of hydrogen-bond donors (Lipinski definition) is 0. The SMILES string of the molecule is [O-][n+]1c(-c2ccccc2)cn2nc(-c3ccccc3)ccc21. The number of aromatic nitrogens is 3. The van der Waals surface area contributed by atoms with Crippen molar-refractivity contribution in [2.24, 2.45) is 0 Å². The van der Waals surface area contributed by atoms with Crippen LogP contribution in [0, 0.1) is 5.21 Å². The van der Waals surface area contributed by atoms with E-state index in [4.69, 9.17) is 0 Å². The summed E-state index contributed by atoms with van der Waals surface area (Å²) in [6.07, 6.45) is 1.77. The van der Waals surface area contributed by atoms with Crippen LogP contribution < -0.4 is 4.73 Å². The van der Waals surface area contributed by atoms with Gasteiger partial charge in [-0.15, -0.1) is 0 Å². The predicted molar refractivity (Wildman–Crippen MR) is 85.0 cm³/mol. The molecule has 2 heterocycles. The van der Waals surface area contributed by atoms with E-state index in [-0.39, 0.29) is 0 Å². The average molecular weight is 287 g/mol. The zero-order valence-corrected chi connectivity index (χ0v) is 11.8. The summed E-state index contributed by atoms with van der Waals surface area (Å²) in [7, 11) is 0. The van der Waals surface area contributed by atoms with Crippen LogP contribution in [0.5, 0.6) is 0 Å². The van der Waals surface area contributed by atoms with Crippen molar-refractivity contribution < 1.29 is 4.73 Å². The van der Waals surface area contributed by atoms with Gasteiger partial charge in [-0.3, -0.25) is 0 Å². The maximum absolute atomic E-state index is 12.4. The first-order valence-corrected chi connectivity index (χ1v) is 7.06. The summed E-state index contributed by atoms with van der Waals surface area (Å²) >= 11 is 0. The third-order valence-corrected chi connectivity index (χ3v) is 3.65. The topological polar surface area (TPSA) is 44.2 Å². The molecule has 0 aliphatic heterocycles. The van der Waals surface area contributed by atoms with E-state index < -0.39 is 0 Å². The van der Waals surface area contributed by atoms with Gasteiger partial charge in [0.1, 0.15) is 5.69 Å². The van der Waals surface area contributed by atoms with Crippen LogP contribution in [0.2, 0.25) is 0 Å². The molecular formula is C18H13N3O. The summed E-state index contributed by atoms with van der Waals surface area (Å²) in [5.41, 5.74) is 3.85. The van der Waals surface area contributed by atoms with E-state index in [0.717, 1.165) is 21.6 Å². The molecule has 4 heteroatoms. The van der Waals surface area contributed by atoms with Crippen LogP contribution in [0.4, 0.5) is 0 Å². The quantitative estimate of drug-likeness (QED) is 0.419. The predicted octanol–water partition coefficient (Wildman–Crippen LogP) is 3.30. The number of rotatable bonds is 2. The highest BCUT2D eigenvalue weighted by atomic mass is 16.5. The summed E-state index contributed by atoms with van der Waals surface area (Å²) in [6, 6.07) is 23.2. The molecule has 4 nitrogen and oxygen atoms in total. The second kappa shape index (κ2) is 5.00. The maximum atomic E-state index is 12.4. The van der Waals surface area contributed by atoms with Crippen molar-refractivity contribution in [1.29, 1.82) is 0 Å². The van der Waals surface area contributed by atoms with Crippen LogP contribution in [0.1, 0.15) is 0 Å². The number of benzene rings is 2. The molecule has 0 aliphatic rings. The Bertz CT molecular complexity index is 931. The molecule has 0 N–H and O–H groups in total. The lowest BCUT2D eigenvalue weighted by molar-refractivity contribution is -0.564. The molecular weight excluding hydrogens is 274 g/mol. The van der Waals surface area contributed by atoms with Crippen molar-refractivity contribution in [3.63, 3.8) is 0 Å². The molecule has 22 heavy (non-hydrogen) atoms. The highest BCUT2D eigenvalue weighted by molar-refractivity contribution is 5.61. The van der Waals surface area contributed by atoms with E-state index in [2.05, 4.69) is 5.10 Å². The van der Waals surface area contributed by atoms with Crippen molar-refractivity contribution in [3.8, 4) is 22.5 Å². The van der Waals surface area contributed by atoms with Crippen molar-refractivity contribution >= 4 is 5.65 Å². The highest BCUT2D eigenvalue weighted by Gasteiger charge is 2.16. The smallest absolute Gasteiger partial charge is 0.310 e. The standard InChI is InChI=1S/C18H13N3O/c22-21-17(15-9-5-2-6-10-15)13-20-18(21)12-11-16(19-20)14-7-3-1-4-8-14/h1-13H. The van der Waals surface area contributed by atoms with Gasteiger partial charge < -0.3 is 5.21 Å². The minimum absolute atomic E-state index is 0.513. The summed E-state index contributed by atoms with van der Waals surface area (Å²) in [5.74, 6) is 0. The molecule has 2 aromatic carbocycles. The van der Waals surface area contributed by atoms with Gasteiger partial charge in [-0.25, -0.2) is 4.73 Å². The maximum Gasteiger partial charge on any atom is 0.310 e. The van der Waals surface area contributed by atoms with Gasteiger partial charge in [0.25, 0.3) is 0 Å². The monoisotopic (exact) mass is 287 g/mol. The Hall–Kier alpha value is -3.14. The fourth-order valence-corrected chi connectivity index (χ4v) is 2.54. The molecule has 0 unspecified atom stereocenters. The fourth-order valence-electron chi connectivity index (χ4n) is 2.54. The third kappa shape index (κ3) is 2.02. The van der Waals surface area contributed by atoms with Crippen molar-refractivity contribution in [1.82, 2.24) is 9.61 Å². The van der Waals surface area contributed by atoms with Gasteiger partial charge in [-0.2, -0.15) is 0 Å². The number of fused-ring (bicyclic) bond motifs is 1. The lowest BCUT2D eigenvalue weighted by Gasteiger charge is -2.03. The normalized spacial score (nSPS) is 10.9. The van der Waals surface area contributed by atoms with Gasteiger partial charge in [-0.05, 0) is 6.07 Å². The highest BCUT2D eigenvalue weighted by Crippen LogP contribution is 2.19. The second-order valence-electron chi connectivity index (χ2n) is 5.06. The minimum Gasteiger partial charge on any atom is -0.710 e. The van der Waals surface area contributed by atoms with Crippen LogP contribution >= 0.6 is 0 Å². The molecule has 0 amide bonds. The number of imidazole rings is 1. The van der Waals surface area contributed by atoms with E-state index >= 15 is 0 Å². The Morgan fingerprint density at radius 1 is 0.773 bits per heavy atom. The number of nitrogens with zero attached hydrogens (tertiary/aromatic N) is 3.